The first kappa shape index (κ1) is 14.3. The molecule has 1 saturated carbocycles. The number of anilines is 1. The molecule has 104 valence electrons. The third-order valence-electron chi connectivity index (χ3n) is 3.15. The molecule has 5 nitrogen and oxygen atoms in total. The lowest BCUT2D eigenvalue weighted by molar-refractivity contribution is 0.0697. The van der Waals surface area contributed by atoms with Crippen molar-refractivity contribution in [1.82, 2.24) is 0 Å². The van der Waals surface area contributed by atoms with Gasteiger partial charge < -0.3 is 5.11 Å². The maximum Gasteiger partial charge on any atom is 0.335 e. The zero-order valence-corrected chi connectivity index (χ0v) is 12.5. The summed E-state index contributed by atoms with van der Waals surface area (Å²) >= 11 is 3.17. The highest BCUT2D eigenvalue weighted by Crippen LogP contribution is 2.27. The van der Waals surface area contributed by atoms with Crippen LogP contribution in [0, 0.1) is 0 Å². The summed E-state index contributed by atoms with van der Waals surface area (Å²) in [6.07, 6.45) is 3.17. The van der Waals surface area contributed by atoms with E-state index >= 15 is 0 Å². The minimum Gasteiger partial charge on any atom is -0.478 e. The van der Waals surface area contributed by atoms with Gasteiger partial charge in [-0.25, -0.2) is 13.2 Å². The van der Waals surface area contributed by atoms with Crippen molar-refractivity contribution >= 4 is 37.6 Å². The Morgan fingerprint density at radius 1 is 1.26 bits per heavy atom. The summed E-state index contributed by atoms with van der Waals surface area (Å²) in [6.45, 7) is 0. The summed E-state index contributed by atoms with van der Waals surface area (Å²) in [5, 5.41) is 8.57. The van der Waals surface area contributed by atoms with E-state index in [4.69, 9.17) is 5.11 Å². The Morgan fingerprint density at radius 2 is 1.89 bits per heavy atom. The molecule has 1 aromatic rings. The highest BCUT2D eigenvalue weighted by molar-refractivity contribution is 9.10. The topological polar surface area (TPSA) is 83.5 Å². The molecular weight excluding hydrogens is 334 g/mol. The number of aromatic carboxylic acids is 1. The molecule has 1 aliphatic carbocycles. The number of sulfonamides is 1. The molecule has 0 atom stereocenters. The van der Waals surface area contributed by atoms with E-state index in [0.29, 0.717) is 17.3 Å². The van der Waals surface area contributed by atoms with Crippen LogP contribution >= 0.6 is 15.9 Å². The van der Waals surface area contributed by atoms with Crippen LogP contribution in [0.2, 0.25) is 0 Å². The fraction of sp³-hybridized carbons (Fsp3) is 0.417. The van der Waals surface area contributed by atoms with Gasteiger partial charge >= 0.3 is 5.97 Å². The predicted molar refractivity (Wildman–Crippen MR) is 75.9 cm³/mol. The first-order valence-corrected chi connectivity index (χ1v) is 8.28. The predicted octanol–water partition coefficient (Wildman–Crippen LogP) is 2.83. The Balaban J connectivity index is 2.25. The minimum atomic E-state index is -3.44. The molecule has 0 bridgehead atoms. The average molecular weight is 348 g/mol. The van der Waals surface area contributed by atoms with E-state index in [1.165, 1.54) is 12.1 Å². The average Bonchev–Trinajstić information content (AvgIpc) is 2.81. The molecule has 0 amide bonds. The van der Waals surface area contributed by atoms with Gasteiger partial charge in [-0.2, -0.15) is 0 Å². The van der Waals surface area contributed by atoms with E-state index in [9.17, 15) is 13.2 Å². The molecule has 0 spiro atoms. The molecule has 19 heavy (non-hydrogen) atoms. The van der Waals surface area contributed by atoms with Crippen molar-refractivity contribution in [2.45, 2.75) is 30.9 Å². The zero-order valence-electron chi connectivity index (χ0n) is 10.1. The summed E-state index contributed by atoms with van der Waals surface area (Å²) in [4.78, 5) is 10.9. The van der Waals surface area contributed by atoms with Crippen molar-refractivity contribution in [3.05, 3.63) is 28.2 Å². The van der Waals surface area contributed by atoms with Gasteiger partial charge in [0.05, 0.1) is 16.5 Å². The third kappa shape index (κ3) is 3.48. The number of hydrogen-bond acceptors (Lipinski definition) is 3. The summed E-state index contributed by atoms with van der Waals surface area (Å²) in [5.41, 5.74) is 0.317. The first-order valence-electron chi connectivity index (χ1n) is 5.94. The summed E-state index contributed by atoms with van der Waals surface area (Å²) < 4.78 is 27.2. The number of hydrogen-bond donors (Lipinski definition) is 2. The SMILES string of the molecule is O=C(O)c1cc(Br)cc(NS(=O)(=O)C2CCCC2)c1. The van der Waals surface area contributed by atoms with Crippen LogP contribution in [0.5, 0.6) is 0 Å². The minimum absolute atomic E-state index is 0.0403. The van der Waals surface area contributed by atoms with Gasteiger partial charge in [-0.05, 0) is 31.0 Å². The van der Waals surface area contributed by atoms with E-state index < -0.39 is 16.0 Å². The van der Waals surface area contributed by atoms with Crippen molar-refractivity contribution < 1.29 is 18.3 Å². The largest absolute Gasteiger partial charge is 0.478 e. The molecule has 0 radical (unpaired) electrons. The number of benzene rings is 1. The number of nitrogens with one attached hydrogen (secondary N) is 1. The quantitative estimate of drug-likeness (QED) is 0.876. The lowest BCUT2D eigenvalue weighted by Crippen LogP contribution is -2.25. The molecule has 1 aliphatic rings. The number of rotatable bonds is 4. The second-order valence-electron chi connectivity index (χ2n) is 4.59. The summed E-state index contributed by atoms with van der Waals surface area (Å²) in [7, 11) is -3.44. The van der Waals surface area contributed by atoms with Gasteiger partial charge in [0.2, 0.25) is 10.0 Å². The molecule has 0 unspecified atom stereocenters. The van der Waals surface area contributed by atoms with E-state index in [2.05, 4.69) is 20.7 Å². The fourth-order valence-electron chi connectivity index (χ4n) is 2.22. The van der Waals surface area contributed by atoms with Crippen LogP contribution in [0.1, 0.15) is 36.0 Å². The Morgan fingerprint density at radius 3 is 2.47 bits per heavy atom. The van der Waals surface area contributed by atoms with E-state index in [1.807, 2.05) is 0 Å². The van der Waals surface area contributed by atoms with Gasteiger partial charge in [0.1, 0.15) is 0 Å². The summed E-state index contributed by atoms with van der Waals surface area (Å²) in [5.74, 6) is -1.09. The Kier molecular flexibility index (Phi) is 4.15. The van der Waals surface area contributed by atoms with Gasteiger partial charge in [-0.15, -0.1) is 0 Å². The van der Waals surface area contributed by atoms with Crippen molar-refractivity contribution in [3.8, 4) is 0 Å². The fourth-order valence-corrected chi connectivity index (χ4v) is 4.28. The van der Waals surface area contributed by atoms with Gasteiger partial charge in [0, 0.05) is 4.47 Å². The van der Waals surface area contributed by atoms with Crippen LogP contribution in [0.25, 0.3) is 0 Å². The first-order chi connectivity index (χ1) is 8.88. The Bertz CT molecular complexity index is 594. The van der Waals surface area contributed by atoms with Gasteiger partial charge in [-0.1, -0.05) is 28.8 Å². The second-order valence-corrected chi connectivity index (χ2v) is 7.46. The number of halogens is 1. The van der Waals surface area contributed by atoms with Crippen molar-refractivity contribution in [2.24, 2.45) is 0 Å². The number of carboxylic acids is 1. The van der Waals surface area contributed by atoms with Crippen LogP contribution in [0.15, 0.2) is 22.7 Å². The molecule has 2 N–H and O–H groups in total. The molecule has 1 fully saturated rings. The molecule has 0 heterocycles. The second kappa shape index (κ2) is 5.50. The van der Waals surface area contributed by atoms with Crippen molar-refractivity contribution in [2.75, 3.05) is 4.72 Å². The molecular formula is C12H14BrNO4S. The Labute approximate surface area is 120 Å². The van der Waals surface area contributed by atoms with E-state index in [-0.39, 0.29) is 16.5 Å². The van der Waals surface area contributed by atoms with Crippen LogP contribution in [0.4, 0.5) is 5.69 Å². The van der Waals surface area contributed by atoms with Gasteiger partial charge in [0.15, 0.2) is 0 Å². The molecule has 0 aliphatic heterocycles. The van der Waals surface area contributed by atoms with Gasteiger partial charge in [0.25, 0.3) is 0 Å². The van der Waals surface area contributed by atoms with Crippen molar-refractivity contribution in [1.29, 1.82) is 0 Å². The normalized spacial score (nSPS) is 16.5. The van der Waals surface area contributed by atoms with Crippen molar-refractivity contribution in [3.63, 3.8) is 0 Å². The zero-order chi connectivity index (χ0) is 14.0. The molecule has 0 saturated heterocycles. The highest BCUT2D eigenvalue weighted by Gasteiger charge is 2.28. The maximum absolute atomic E-state index is 12.1. The van der Waals surface area contributed by atoms with Crippen LogP contribution in [-0.2, 0) is 10.0 Å². The Hall–Kier alpha value is -1.08. The molecule has 7 heteroatoms. The number of carboxylic acid groups (broad SMARTS) is 1. The van der Waals surface area contributed by atoms with E-state index in [1.54, 1.807) is 6.07 Å². The van der Waals surface area contributed by atoms with Crippen LogP contribution < -0.4 is 4.72 Å². The lowest BCUT2D eigenvalue weighted by atomic mass is 10.2. The van der Waals surface area contributed by atoms with Crippen LogP contribution in [-0.4, -0.2) is 24.7 Å². The summed E-state index contributed by atoms with van der Waals surface area (Å²) in [6, 6.07) is 4.30. The maximum atomic E-state index is 12.1. The lowest BCUT2D eigenvalue weighted by Gasteiger charge is -2.14. The highest BCUT2D eigenvalue weighted by atomic mass is 79.9. The van der Waals surface area contributed by atoms with E-state index in [0.717, 1.165) is 12.8 Å². The molecule has 2 rings (SSSR count). The molecule has 0 aromatic heterocycles. The monoisotopic (exact) mass is 347 g/mol. The third-order valence-corrected chi connectivity index (χ3v) is 5.47. The molecule has 1 aromatic carbocycles. The number of carbonyl (C=O) groups is 1. The van der Waals surface area contributed by atoms with Crippen LogP contribution in [0.3, 0.4) is 0 Å². The smallest absolute Gasteiger partial charge is 0.335 e. The standard InChI is InChI=1S/C12H14BrNO4S/c13-9-5-8(12(15)16)6-10(7-9)14-19(17,18)11-3-1-2-4-11/h5-7,11,14H,1-4H2,(H,15,16). The van der Waals surface area contributed by atoms with Gasteiger partial charge in [-0.3, -0.25) is 4.72 Å².